The predicted molar refractivity (Wildman–Crippen MR) is 113 cm³/mol. The third-order valence-electron chi connectivity index (χ3n) is 4.03. The number of hydrogen-bond donors (Lipinski definition) is 5. The maximum Gasteiger partial charge on any atom is 0.321 e. The summed E-state index contributed by atoms with van der Waals surface area (Å²) in [5.41, 5.74) is 1.70. The van der Waals surface area contributed by atoms with E-state index < -0.39 is 11.9 Å². The van der Waals surface area contributed by atoms with Gasteiger partial charge >= 0.3 is 6.03 Å². The number of halogens is 1. The van der Waals surface area contributed by atoms with Gasteiger partial charge in [0.05, 0.1) is 30.1 Å². The SMILES string of the molecule is CNc1nnc(CO)cc1C(=O)NCc1csc(NC(=O)NCc2cccc(F)c2)n1. The Hall–Kier alpha value is -3.64. The smallest absolute Gasteiger partial charge is 0.321 e. The molecule has 3 rings (SSSR count). The van der Waals surface area contributed by atoms with E-state index in [2.05, 4.69) is 36.4 Å². The highest BCUT2D eigenvalue weighted by Gasteiger charge is 2.15. The van der Waals surface area contributed by atoms with Crippen LogP contribution in [0.1, 0.15) is 27.3 Å². The van der Waals surface area contributed by atoms with Crippen LogP contribution in [0, 0.1) is 5.82 Å². The molecular weight excluding hydrogens is 425 g/mol. The summed E-state index contributed by atoms with van der Waals surface area (Å²) >= 11 is 1.20. The quantitative estimate of drug-likeness (QED) is 0.356. The van der Waals surface area contributed by atoms with Gasteiger partial charge in [-0.15, -0.1) is 16.4 Å². The highest BCUT2D eigenvalue weighted by molar-refractivity contribution is 7.13. The minimum atomic E-state index is -0.479. The van der Waals surface area contributed by atoms with Crippen LogP contribution in [0.15, 0.2) is 35.7 Å². The van der Waals surface area contributed by atoms with Crippen LogP contribution in [0.25, 0.3) is 0 Å². The molecule has 2 heterocycles. The van der Waals surface area contributed by atoms with Crippen LogP contribution < -0.4 is 21.3 Å². The Morgan fingerprint density at radius 1 is 1.13 bits per heavy atom. The number of anilines is 2. The number of rotatable bonds is 8. The number of hydrogen-bond acceptors (Lipinski definition) is 8. The molecule has 0 saturated carbocycles. The number of benzene rings is 1. The second-order valence-electron chi connectivity index (χ2n) is 6.27. The highest BCUT2D eigenvalue weighted by atomic mass is 32.1. The molecule has 10 nitrogen and oxygen atoms in total. The van der Waals surface area contributed by atoms with Crippen molar-refractivity contribution in [2.75, 3.05) is 17.7 Å². The average molecular weight is 445 g/mol. The largest absolute Gasteiger partial charge is 0.390 e. The zero-order valence-electron chi connectivity index (χ0n) is 16.5. The summed E-state index contributed by atoms with van der Waals surface area (Å²) < 4.78 is 13.2. The number of amides is 3. The molecule has 31 heavy (non-hydrogen) atoms. The number of nitrogens with one attached hydrogen (secondary N) is 4. The molecular formula is C19H20FN7O3S. The Bertz CT molecular complexity index is 1080. The van der Waals surface area contributed by atoms with Crippen LogP contribution in [0.5, 0.6) is 0 Å². The van der Waals surface area contributed by atoms with E-state index in [4.69, 9.17) is 0 Å². The van der Waals surface area contributed by atoms with Gasteiger partial charge in [-0.05, 0) is 23.8 Å². The minimum absolute atomic E-state index is 0.127. The van der Waals surface area contributed by atoms with Crippen molar-refractivity contribution < 1.29 is 19.1 Å². The molecule has 0 radical (unpaired) electrons. The first-order valence-corrected chi connectivity index (χ1v) is 10.0. The van der Waals surface area contributed by atoms with E-state index >= 15 is 0 Å². The fourth-order valence-electron chi connectivity index (χ4n) is 2.55. The van der Waals surface area contributed by atoms with Gasteiger partial charge in [0, 0.05) is 19.0 Å². The first kappa shape index (κ1) is 22.1. The monoisotopic (exact) mass is 445 g/mol. The maximum atomic E-state index is 13.2. The van der Waals surface area contributed by atoms with Crippen molar-refractivity contribution in [2.45, 2.75) is 19.7 Å². The van der Waals surface area contributed by atoms with Crippen LogP contribution in [0.4, 0.5) is 20.1 Å². The van der Waals surface area contributed by atoms with Gasteiger partial charge in [-0.3, -0.25) is 10.1 Å². The Balaban J connectivity index is 1.52. The van der Waals surface area contributed by atoms with E-state index in [0.29, 0.717) is 16.4 Å². The summed E-state index contributed by atoms with van der Waals surface area (Å²) in [4.78, 5) is 28.7. The molecule has 2 aromatic heterocycles. The molecule has 12 heteroatoms. The molecule has 0 bridgehead atoms. The predicted octanol–water partition coefficient (Wildman–Crippen LogP) is 1.86. The summed E-state index contributed by atoms with van der Waals surface area (Å²) in [6, 6.07) is 6.91. The third-order valence-corrected chi connectivity index (χ3v) is 4.84. The number of urea groups is 1. The fourth-order valence-corrected chi connectivity index (χ4v) is 3.25. The van der Waals surface area contributed by atoms with Crippen LogP contribution in [0.3, 0.4) is 0 Å². The molecule has 0 fully saturated rings. The molecule has 3 amide bonds. The molecule has 3 aromatic rings. The van der Waals surface area contributed by atoms with Crippen molar-refractivity contribution in [3.05, 3.63) is 64.0 Å². The van der Waals surface area contributed by atoms with Crippen LogP contribution in [-0.2, 0) is 19.7 Å². The molecule has 0 spiro atoms. The minimum Gasteiger partial charge on any atom is -0.390 e. The Labute approximate surface area is 180 Å². The molecule has 0 aliphatic carbocycles. The summed E-state index contributed by atoms with van der Waals surface area (Å²) in [6.07, 6.45) is 0. The standard InChI is InChI=1S/C19H20FN7O3S/c1-21-16-15(6-13(9-28)26-27-16)17(29)22-8-14-10-31-19(24-14)25-18(30)23-7-11-3-2-4-12(20)5-11/h2-6,10,28H,7-9H2,1H3,(H,21,27)(H,22,29)(H2,23,24,25,30). The van der Waals surface area contributed by atoms with Gasteiger partial charge in [-0.1, -0.05) is 12.1 Å². The van der Waals surface area contributed by atoms with E-state index in [1.54, 1.807) is 24.6 Å². The molecule has 0 atom stereocenters. The number of nitrogens with zero attached hydrogens (tertiary/aromatic N) is 3. The third kappa shape index (κ3) is 6.17. The molecule has 0 unspecified atom stereocenters. The molecule has 5 N–H and O–H groups in total. The van der Waals surface area contributed by atoms with E-state index in [0.717, 1.165) is 0 Å². The summed E-state index contributed by atoms with van der Waals surface area (Å²) in [7, 11) is 1.61. The molecule has 0 saturated heterocycles. The van der Waals surface area contributed by atoms with E-state index in [1.807, 2.05) is 0 Å². The Morgan fingerprint density at radius 2 is 1.97 bits per heavy atom. The lowest BCUT2D eigenvalue weighted by molar-refractivity contribution is 0.0950. The summed E-state index contributed by atoms with van der Waals surface area (Å²) in [5, 5.41) is 29.6. The second kappa shape index (κ2) is 10.4. The number of aromatic nitrogens is 3. The van der Waals surface area contributed by atoms with Crippen molar-refractivity contribution in [1.82, 2.24) is 25.8 Å². The molecule has 0 aliphatic rings. The van der Waals surface area contributed by atoms with Gasteiger partial charge in [0.2, 0.25) is 0 Å². The van der Waals surface area contributed by atoms with Crippen LogP contribution in [0.2, 0.25) is 0 Å². The van der Waals surface area contributed by atoms with E-state index in [-0.39, 0.29) is 42.6 Å². The van der Waals surface area contributed by atoms with Gasteiger partial charge in [-0.25, -0.2) is 14.2 Å². The fraction of sp³-hybridized carbons (Fsp3) is 0.211. The first-order chi connectivity index (χ1) is 15.0. The van der Waals surface area contributed by atoms with Gasteiger partial charge < -0.3 is 21.1 Å². The number of aliphatic hydroxyl groups is 1. The van der Waals surface area contributed by atoms with Gasteiger partial charge in [-0.2, -0.15) is 5.10 Å². The normalized spacial score (nSPS) is 10.4. The summed E-state index contributed by atoms with van der Waals surface area (Å²) in [6.45, 7) is -0.0387. The lowest BCUT2D eigenvalue weighted by Gasteiger charge is -2.08. The van der Waals surface area contributed by atoms with Crippen molar-refractivity contribution in [1.29, 1.82) is 0 Å². The van der Waals surface area contributed by atoms with Crippen LogP contribution in [-0.4, -0.2) is 39.3 Å². The van der Waals surface area contributed by atoms with Crippen molar-refractivity contribution in [2.24, 2.45) is 0 Å². The maximum absolute atomic E-state index is 13.2. The molecule has 162 valence electrons. The van der Waals surface area contributed by atoms with E-state index in [1.165, 1.54) is 29.5 Å². The number of carbonyl (C=O) groups excluding carboxylic acids is 2. The van der Waals surface area contributed by atoms with Gasteiger partial charge in [0.15, 0.2) is 10.9 Å². The number of thiazole rings is 1. The topological polar surface area (TPSA) is 141 Å². The second-order valence-corrected chi connectivity index (χ2v) is 7.13. The van der Waals surface area contributed by atoms with Crippen molar-refractivity contribution >= 4 is 34.2 Å². The lowest BCUT2D eigenvalue weighted by Crippen LogP contribution is -2.28. The highest BCUT2D eigenvalue weighted by Crippen LogP contribution is 2.16. The van der Waals surface area contributed by atoms with Gasteiger partial charge in [0.1, 0.15) is 5.82 Å². The zero-order valence-corrected chi connectivity index (χ0v) is 17.3. The number of aliphatic hydroxyl groups excluding tert-OH is 1. The zero-order chi connectivity index (χ0) is 22.2. The van der Waals surface area contributed by atoms with Crippen molar-refractivity contribution in [3.63, 3.8) is 0 Å². The van der Waals surface area contributed by atoms with Gasteiger partial charge in [0.25, 0.3) is 5.91 Å². The molecule has 1 aromatic carbocycles. The Morgan fingerprint density at radius 3 is 2.71 bits per heavy atom. The Kier molecular flexibility index (Phi) is 7.40. The van der Waals surface area contributed by atoms with Crippen LogP contribution >= 0.6 is 11.3 Å². The lowest BCUT2D eigenvalue weighted by atomic mass is 10.2. The number of carbonyl (C=O) groups is 2. The van der Waals surface area contributed by atoms with E-state index in [9.17, 15) is 19.1 Å². The first-order valence-electron chi connectivity index (χ1n) is 9.15. The van der Waals surface area contributed by atoms with Crippen molar-refractivity contribution in [3.8, 4) is 0 Å². The summed E-state index contributed by atoms with van der Waals surface area (Å²) in [5.74, 6) is -0.502. The molecule has 0 aliphatic heterocycles. The average Bonchev–Trinajstić information content (AvgIpc) is 3.22.